The molecule has 2 rings (SSSR count). The number of nitrogens with zero attached hydrogens (tertiary/aromatic N) is 3. The van der Waals surface area contributed by atoms with Gasteiger partial charge in [0.2, 0.25) is 0 Å². The van der Waals surface area contributed by atoms with E-state index in [2.05, 4.69) is 10.9 Å². The number of aromatic nitrogens is 2. The molecule has 19 heavy (non-hydrogen) atoms. The predicted molar refractivity (Wildman–Crippen MR) is 74.5 cm³/mol. The molecule has 2 aromatic heterocycles. The summed E-state index contributed by atoms with van der Waals surface area (Å²) in [5.74, 6) is 1.97. The molecule has 0 radical (unpaired) electrons. The van der Waals surface area contributed by atoms with Gasteiger partial charge in [-0.3, -0.25) is 14.0 Å². The first-order chi connectivity index (χ1) is 9.10. The normalized spacial score (nSPS) is 10.4. The number of hydrogen-bond donors (Lipinski definition) is 0. The lowest BCUT2D eigenvalue weighted by Crippen LogP contribution is -2.33. The summed E-state index contributed by atoms with van der Waals surface area (Å²) in [5.41, 5.74) is 0.562. The van der Waals surface area contributed by atoms with Gasteiger partial charge in [-0.1, -0.05) is 12.8 Å². The van der Waals surface area contributed by atoms with E-state index >= 15 is 0 Å². The van der Waals surface area contributed by atoms with E-state index in [4.69, 9.17) is 6.42 Å². The Balaban J connectivity index is 2.57. The monoisotopic (exact) mass is 275 g/mol. The van der Waals surface area contributed by atoms with Gasteiger partial charge in [0, 0.05) is 24.3 Å². The first kappa shape index (κ1) is 13.3. The highest BCUT2D eigenvalue weighted by atomic mass is 32.1. The number of aryl methyl sites for hydroxylation is 1. The molecule has 0 fully saturated rings. The van der Waals surface area contributed by atoms with Crippen LogP contribution < -0.4 is 5.56 Å². The van der Waals surface area contributed by atoms with Crippen molar-refractivity contribution in [3.8, 4) is 12.3 Å². The number of rotatable bonds is 3. The van der Waals surface area contributed by atoms with Crippen molar-refractivity contribution in [1.29, 1.82) is 0 Å². The van der Waals surface area contributed by atoms with Crippen LogP contribution in [0.15, 0.2) is 16.4 Å². The largest absolute Gasteiger partial charge is 0.330 e. The molecular formula is C13H13N3O2S. The molecule has 0 N–H and O–H groups in total. The Hall–Kier alpha value is -2.13. The first-order valence-electron chi connectivity index (χ1n) is 5.77. The van der Waals surface area contributed by atoms with E-state index in [9.17, 15) is 9.59 Å². The summed E-state index contributed by atoms with van der Waals surface area (Å²) in [6.45, 7) is 2.11. The van der Waals surface area contributed by atoms with Crippen LogP contribution in [0.3, 0.4) is 0 Å². The van der Waals surface area contributed by atoms with Crippen LogP contribution in [0.1, 0.15) is 23.0 Å². The molecule has 0 atom stereocenters. The molecule has 0 unspecified atom stereocenters. The molecule has 0 spiro atoms. The van der Waals surface area contributed by atoms with E-state index in [1.54, 1.807) is 7.05 Å². The third-order valence-corrected chi connectivity index (χ3v) is 3.67. The fourth-order valence-electron chi connectivity index (χ4n) is 1.75. The van der Waals surface area contributed by atoms with Crippen LogP contribution in [-0.2, 0) is 6.42 Å². The quantitative estimate of drug-likeness (QED) is 0.786. The van der Waals surface area contributed by atoms with Gasteiger partial charge in [-0.15, -0.1) is 17.8 Å². The van der Waals surface area contributed by atoms with Gasteiger partial charge in [-0.25, -0.2) is 4.98 Å². The SMILES string of the molecule is C#CCN(C)C(=O)c1cnc2scc(CC)n2c1=O. The van der Waals surface area contributed by atoms with Gasteiger partial charge >= 0.3 is 0 Å². The molecule has 0 aliphatic heterocycles. The molecule has 1 amide bonds. The van der Waals surface area contributed by atoms with Crippen molar-refractivity contribution in [3.63, 3.8) is 0 Å². The molecule has 2 heterocycles. The van der Waals surface area contributed by atoms with Gasteiger partial charge in [0.05, 0.1) is 6.54 Å². The van der Waals surface area contributed by atoms with Crippen LogP contribution in [0.25, 0.3) is 4.96 Å². The number of thiazole rings is 1. The molecule has 98 valence electrons. The van der Waals surface area contributed by atoms with Gasteiger partial charge in [-0.2, -0.15) is 0 Å². The lowest BCUT2D eigenvalue weighted by molar-refractivity contribution is 0.0810. The summed E-state index contributed by atoms with van der Waals surface area (Å²) in [4.78, 5) is 30.5. The fourth-order valence-corrected chi connectivity index (χ4v) is 2.69. The molecule has 0 aromatic carbocycles. The minimum atomic E-state index is -0.405. The Kier molecular flexibility index (Phi) is 3.67. The van der Waals surface area contributed by atoms with Gasteiger partial charge in [0.15, 0.2) is 4.96 Å². The lowest BCUT2D eigenvalue weighted by atomic mass is 10.3. The summed E-state index contributed by atoms with van der Waals surface area (Å²) in [6.07, 6.45) is 7.19. The third-order valence-electron chi connectivity index (χ3n) is 2.78. The number of terminal acetylenes is 1. The van der Waals surface area contributed by atoms with E-state index < -0.39 is 5.91 Å². The van der Waals surface area contributed by atoms with Crippen molar-refractivity contribution < 1.29 is 4.79 Å². The zero-order valence-electron chi connectivity index (χ0n) is 10.7. The molecule has 0 saturated heterocycles. The van der Waals surface area contributed by atoms with Crippen LogP contribution in [-0.4, -0.2) is 33.8 Å². The fraction of sp³-hybridized carbons (Fsp3) is 0.308. The maximum atomic E-state index is 12.3. The van der Waals surface area contributed by atoms with Gasteiger partial charge < -0.3 is 4.90 Å². The number of fused-ring (bicyclic) bond motifs is 1. The number of carbonyl (C=O) groups excluding carboxylic acids is 1. The van der Waals surface area contributed by atoms with Crippen LogP contribution >= 0.6 is 11.3 Å². The van der Waals surface area contributed by atoms with Gasteiger partial charge in [0.25, 0.3) is 11.5 Å². The summed E-state index contributed by atoms with van der Waals surface area (Å²) in [6, 6.07) is 0. The highest BCUT2D eigenvalue weighted by molar-refractivity contribution is 7.15. The van der Waals surface area contributed by atoms with Gasteiger partial charge in [-0.05, 0) is 6.42 Å². The highest BCUT2D eigenvalue weighted by Crippen LogP contribution is 2.13. The minimum absolute atomic E-state index is 0.0448. The number of carbonyl (C=O) groups is 1. The molecule has 2 aromatic rings. The van der Waals surface area contributed by atoms with Crippen molar-refractivity contribution >= 4 is 22.2 Å². The summed E-state index contributed by atoms with van der Waals surface area (Å²) in [5, 5.41) is 1.88. The second kappa shape index (κ2) is 5.24. The van der Waals surface area contributed by atoms with E-state index in [1.165, 1.54) is 26.8 Å². The molecule has 0 saturated carbocycles. The zero-order valence-corrected chi connectivity index (χ0v) is 11.5. The summed E-state index contributed by atoms with van der Waals surface area (Å²) in [7, 11) is 1.56. The minimum Gasteiger partial charge on any atom is -0.330 e. The molecule has 0 bridgehead atoms. The molecule has 0 aliphatic rings. The molecule has 6 heteroatoms. The third kappa shape index (κ3) is 2.25. The molecular weight excluding hydrogens is 262 g/mol. The van der Waals surface area contributed by atoms with Crippen molar-refractivity contribution in [2.75, 3.05) is 13.6 Å². The Labute approximate surface area is 114 Å². The average Bonchev–Trinajstić information content (AvgIpc) is 2.82. The standard InChI is InChI=1S/C13H13N3O2S/c1-4-6-15(3)11(17)10-7-14-13-16(12(10)18)9(5-2)8-19-13/h1,7-8H,5-6H2,2-3H3. The average molecular weight is 275 g/mol. The molecule has 0 aliphatic carbocycles. The Bertz CT molecular complexity index is 724. The number of amides is 1. The van der Waals surface area contributed by atoms with E-state index in [1.807, 2.05) is 12.3 Å². The Morgan fingerprint density at radius 1 is 1.63 bits per heavy atom. The van der Waals surface area contributed by atoms with Crippen LogP contribution in [0.4, 0.5) is 0 Å². The lowest BCUT2D eigenvalue weighted by Gasteiger charge is -2.13. The first-order valence-corrected chi connectivity index (χ1v) is 6.65. The maximum absolute atomic E-state index is 12.3. The summed E-state index contributed by atoms with van der Waals surface area (Å²) < 4.78 is 1.49. The highest BCUT2D eigenvalue weighted by Gasteiger charge is 2.18. The second-order valence-electron chi connectivity index (χ2n) is 4.04. The van der Waals surface area contributed by atoms with Crippen molar-refractivity contribution in [2.24, 2.45) is 0 Å². The van der Waals surface area contributed by atoms with E-state index in [0.717, 1.165) is 5.69 Å². The van der Waals surface area contributed by atoms with Crippen molar-refractivity contribution in [1.82, 2.24) is 14.3 Å². The summed E-state index contributed by atoms with van der Waals surface area (Å²) >= 11 is 1.39. The topological polar surface area (TPSA) is 54.7 Å². The van der Waals surface area contributed by atoms with Gasteiger partial charge in [0.1, 0.15) is 5.56 Å². The molecule has 5 nitrogen and oxygen atoms in total. The second-order valence-corrected chi connectivity index (χ2v) is 4.88. The van der Waals surface area contributed by atoms with Crippen molar-refractivity contribution in [3.05, 3.63) is 33.2 Å². The zero-order chi connectivity index (χ0) is 14.0. The van der Waals surface area contributed by atoms with Crippen LogP contribution in [0.2, 0.25) is 0 Å². The maximum Gasteiger partial charge on any atom is 0.271 e. The van der Waals surface area contributed by atoms with Crippen LogP contribution in [0, 0.1) is 12.3 Å². The van der Waals surface area contributed by atoms with E-state index in [0.29, 0.717) is 11.4 Å². The number of hydrogen-bond acceptors (Lipinski definition) is 4. The smallest absolute Gasteiger partial charge is 0.271 e. The van der Waals surface area contributed by atoms with Crippen LogP contribution in [0.5, 0.6) is 0 Å². The Morgan fingerprint density at radius 3 is 3.00 bits per heavy atom. The predicted octanol–water partition coefficient (Wildman–Crippen LogP) is 1.02. The Morgan fingerprint density at radius 2 is 2.37 bits per heavy atom. The van der Waals surface area contributed by atoms with Crippen molar-refractivity contribution in [2.45, 2.75) is 13.3 Å². The van der Waals surface area contributed by atoms with E-state index in [-0.39, 0.29) is 17.7 Å².